The zero-order valence-electron chi connectivity index (χ0n) is 9.99. The molecule has 1 heterocycles. The van der Waals surface area contributed by atoms with Crippen LogP contribution in [0.5, 0.6) is 0 Å². The molecular weight excluding hydrogens is 282 g/mol. The van der Waals surface area contributed by atoms with Crippen LogP contribution >= 0.6 is 15.9 Å². The first-order valence-electron chi connectivity index (χ1n) is 6.01. The molecule has 0 radical (unpaired) electrons. The molecule has 6 heteroatoms. The SMILES string of the molecule is CCN(c1ncnc(NN)c1Br)C1CCCC1. The minimum absolute atomic E-state index is 0.594. The summed E-state index contributed by atoms with van der Waals surface area (Å²) in [6.07, 6.45) is 6.66. The standard InChI is InChI=1S/C11H18BrN5/c1-2-17(8-5-3-4-6-8)11-9(12)10(16-13)14-7-15-11/h7-8H,2-6,13H2,1H3,(H,14,15,16). The van der Waals surface area contributed by atoms with Crippen molar-refractivity contribution in [2.45, 2.75) is 38.6 Å². The highest BCUT2D eigenvalue weighted by Gasteiger charge is 2.24. The van der Waals surface area contributed by atoms with Crippen molar-refractivity contribution in [3.05, 3.63) is 10.8 Å². The molecule has 1 fully saturated rings. The summed E-state index contributed by atoms with van der Waals surface area (Å²) in [6, 6.07) is 0.594. The van der Waals surface area contributed by atoms with Crippen LogP contribution in [0.4, 0.5) is 11.6 Å². The Kier molecular flexibility index (Phi) is 4.17. The normalized spacial score (nSPS) is 16.2. The number of aromatic nitrogens is 2. The van der Waals surface area contributed by atoms with E-state index in [0.717, 1.165) is 16.8 Å². The molecule has 1 aromatic heterocycles. The first-order chi connectivity index (χ1) is 8.27. The highest BCUT2D eigenvalue weighted by molar-refractivity contribution is 9.10. The van der Waals surface area contributed by atoms with Crippen LogP contribution in [0.25, 0.3) is 0 Å². The van der Waals surface area contributed by atoms with Gasteiger partial charge in [-0.25, -0.2) is 15.8 Å². The van der Waals surface area contributed by atoms with E-state index in [1.165, 1.54) is 25.7 Å². The van der Waals surface area contributed by atoms with Crippen molar-refractivity contribution in [1.29, 1.82) is 0 Å². The largest absolute Gasteiger partial charge is 0.353 e. The van der Waals surface area contributed by atoms with Crippen molar-refractivity contribution in [3.63, 3.8) is 0 Å². The van der Waals surface area contributed by atoms with Crippen LogP contribution in [0, 0.1) is 0 Å². The van der Waals surface area contributed by atoms with Gasteiger partial charge in [0.2, 0.25) is 0 Å². The predicted octanol–water partition coefficient (Wildman–Crippen LogP) is 2.29. The second-order valence-electron chi connectivity index (χ2n) is 4.23. The van der Waals surface area contributed by atoms with E-state index in [9.17, 15) is 0 Å². The zero-order valence-corrected chi connectivity index (χ0v) is 11.6. The molecule has 17 heavy (non-hydrogen) atoms. The molecule has 1 aromatic rings. The van der Waals surface area contributed by atoms with E-state index in [1.807, 2.05) is 0 Å². The minimum Gasteiger partial charge on any atom is -0.353 e. The van der Waals surface area contributed by atoms with E-state index in [0.29, 0.717) is 11.9 Å². The summed E-state index contributed by atoms with van der Waals surface area (Å²) in [5.74, 6) is 6.99. The number of hydrazine groups is 1. The number of nitrogens with two attached hydrogens (primary N) is 1. The summed E-state index contributed by atoms with van der Waals surface area (Å²) in [5, 5.41) is 0. The summed E-state index contributed by atoms with van der Waals surface area (Å²) in [7, 11) is 0. The number of nitrogens with zero attached hydrogens (tertiary/aromatic N) is 3. The molecule has 5 nitrogen and oxygen atoms in total. The van der Waals surface area contributed by atoms with Gasteiger partial charge < -0.3 is 10.3 Å². The molecule has 0 aliphatic heterocycles. The van der Waals surface area contributed by atoms with Crippen LogP contribution in [0.1, 0.15) is 32.6 Å². The number of hydrogen-bond donors (Lipinski definition) is 2. The van der Waals surface area contributed by atoms with Gasteiger partial charge in [0.05, 0.1) is 0 Å². The molecule has 3 N–H and O–H groups in total. The van der Waals surface area contributed by atoms with Crippen molar-refractivity contribution >= 4 is 27.6 Å². The second-order valence-corrected chi connectivity index (χ2v) is 5.02. The van der Waals surface area contributed by atoms with E-state index in [-0.39, 0.29) is 0 Å². The Bertz CT molecular complexity index is 378. The van der Waals surface area contributed by atoms with Crippen LogP contribution in [0.2, 0.25) is 0 Å². The molecule has 94 valence electrons. The van der Waals surface area contributed by atoms with Crippen LogP contribution in [0.3, 0.4) is 0 Å². The first kappa shape index (κ1) is 12.6. The van der Waals surface area contributed by atoms with Gasteiger partial charge in [-0.05, 0) is 35.7 Å². The average Bonchev–Trinajstić information content (AvgIpc) is 2.86. The third-order valence-electron chi connectivity index (χ3n) is 3.29. The Morgan fingerprint density at radius 3 is 2.76 bits per heavy atom. The quantitative estimate of drug-likeness (QED) is 0.659. The van der Waals surface area contributed by atoms with Gasteiger partial charge >= 0.3 is 0 Å². The molecule has 0 amide bonds. The zero-order chi connectivity index (χ0) is 12.3. The summed E-state index contributed by atoms with van der Waals surface area (Å²) < 4.78 is 0.844. The highest BCUT2D eigenvalue weighted by atomic mass is 79.9. The van der Waals surface area contributed by atoms with Crippen LogP contribution in [0.15, 0.2) is 10.8 Å². The van der Waals surface area contributed by atoms with Gasteiger partial charge in [0, 0.05) is 12.6 Å². The maximum atomic E-state index is 5.43. The Labute approximate surface area is 110 Å². The smallest absolute Gasteiger partial charge is 0.159 e. The van der Waals surface area contributed by atoms with E-state index in [1.54, 1.807) is 6.33 Å². The molecule has 2 rings (SSSR count). The fraction of sp³-hybridized carbons (Fsp3) is 0.636. The van der Waals surface area contributed by atoms with Crippen LogP contribution in [-0.4, -0.2) is 22.6 Å². The average molecular weight is 300 g/mol. The number of hydrogen-bond acceptors (Lipinski definition) is 5. The van der Waals surface area contributed by atoms with E-state index < -0.39 is 0 Å². The lowest BCUT2D eigenvalue weighted by Gasteiger charge is -2.29. The van der Waals surface area contributed by atoms with Crippen molar-refractivity contribution < 1.29 is 0 Å². The Morgan fingerprint density at radius 1 is 1.47 bits per heavy atom. The van der Waals surface area contributed by atoms with Crippen LogP contribution in [-0.2, 0) is 0 Å². The topological polar surface area (TPSA) is 67.1 Å². The van der Waals surface area contributed by atoms with E-state index in [2.05, 4.69) is 43.1 Å². The lowest BCUT2D eigenvalue weighted by atomic mass is 10.2. The van der Waals surface area contributed by atoms with Gasteiger partial charge in [0.1, 0.15) is 16.6 Å². The lowest BCUT2D eigenvalue weighted by molar-refractivity contribution is 0.611. The first-order valence-corrected chi connectivity index (χ1v) is 6.81. The summed E-state index contributed by atoms with van der Waals surface area (Å²) >= 11 is 3.52. The molecule has 0 saturated heterocycles. The second kappa shape index (κ2) is 5.64. The molecule has 0 unspecified atom stereocenters. The fourth-order valence-corrected chi connectivity index (χ4v) is 3.01. The van der Waals surface area contributed by atoms with Gasteiger partial charge in [0.25, 0.3) is 0 Å². The minimum atomic E-state index is 0.594. The number of nitrogen functional groups attached to an aromatic ring is 1. The third-order valence-corrected chi connectivity index (χ3v) is 4.02. The van der Waals surface area contributed by atoms with Gasteiger partial charge in [-0.2, -0.15) is 0 Å². The monoisotopic (exact) mass is 299 g/mol. The Hall–Kier alpha value is -0.880. The molecule has 0 bridgehead atoms. The highest BCUT2D eigenvalue weighted by Crippen LogP contribution is 2.33. The summed E-state index contributed by atoms with van der Waals surface area (Å²) in [4.78, 5) is 10.8. The van der Waals surface area contributed by atoms with Crippen molar-refractivity contribution in [2.24, 2.45) is 5.84 Å². The van der Waals surface area contributed by atoms with Gasteiger partial charge in [-0.15, -0.1) is 0 Å². The molecule has 0 spiro atoms. The number of anilines is 2. The fourth-order valence-electron chi connectivity index (χ4n) is 2.46. The van der Waals surface area contributed by atoms with Crippen LogP contribution < -0.4 is 16.2 Å². The van der Waals surface area contributed by atoms with E-state index in [4.69, 9.17) is 5.84 Å². The molecule has 1 aliphatic carbocycles. The summed E-state index contributed by atoms with van der Waals surface area (Å²) in [6.45, 7) is 3.10. The van der Waals surface area contributed by atoms with Crippen molar-refractivity contribution in [2.75, 3.05) is 16.9 Å². The van der Waals surface area contributed by atoms with Gasteiger partial charge in [0.15, 0.2) is 5.82 Å². The van der Waals surface area contributed by atoms with E-state index >= 15 is 0 Å². The van der Waals surface area contributed by atoms with Crippen molar-refractivity contribution in [1.82, 2.24) is 9.97 Å². The molecule has 0 atom stereocenters. The Balaban J connectivity index is 2.29. The van der Waals surface area contributed by atoms with Crippen molar-refractivity contribution in [3.8, 4) is 0 Å². The maximum absolute atomic E-state index is 5.43. The number of rotatable bonds is 4. The molecule has 1 saturated carbocycles. The Morgan fingerprint density at radius 2 is 2.18 bits per heavy atom. The summed E-state index contributed by atoms with van der Waals surface area (Å²) in [5.41, 5.74) is 2.58. The predicted molar refractivity (Wildman–Crippen MR) is 72.8 cm³/mol. The van der Waals surface area contributed by atoms with Gasteiger partial charge in [-0.1, -0.05) is 12.8 Å². The maximum Gasteiger partial charge on any atom is 0.159 e. The number of nitrogens with one attached hydrogen (secondary N) is 1. The molecule has 1 aliphatic rings. The third kappa shape index (κ3) is 2.52. The number of halogens is 1. The lowest BCUT2D eigenvalue weighted by Crippen LogP contribution is -2.34. The molecule has 0 aromatic carbocycles. The van der Waals surface area contributed by atoms with Gasteiger partial charge in [-0.3, -0.25) is 0 Å². The molecular formula is C11H18BrN5.